The first-order valence-electron chi connectivity index (χ1n) is 13.4. The first-order valence-corrected chi connectivity index (χ1v) is 13.4. The summed E-state index contributed by atoms with van der Waals surface area (Å²) in [6, 6.07) is 9.02. The van der Waals surface area contributed by atoms with Gasteiger partial charge < -0.3 is 29.7 Å². The van der Waals surface area contributed by atoms with Crippen LogP contribution in [0.2, 0.25) is 0 Å². The number of imidazole rings is 1. The number of carbonyl (C=O) groups is 1. The molecule has 1 aromatic carbocycles. The van der Waals surface area contributed by atoms with E-state index >= 15 is 0 Å². The molecule has 38 heavy (non-hydrogen) atoms. The summed E-state index contributed by atoms with van der Waals surface area (Å²) < 4.78 is 21.3. The van der Waals surface area contributed by atoms with Crippen LogP contribution in [0.15, 0.2) is 43.0 Å². The van der Waals surface area contributed by atoms with E-state index in [9.17, 15) is 4.79 Å². The fourth-order valence-electron chi connectivity index (χ4n) is 6.42. The molecule has 4 saturated heterocycles. The summed E-state index contributed by atoms with van der Waals surface area (Å²) in [4.78, 5) is 28.7. The van der Waals surface area contributed by atoms with Crippen molar-refractivity contribution in [3.8, 4) is 0 Å². The van der Waals surface area contributed by atoms with Crippen LogP contribution in [0.3, 0.4) is 0 Å². The minimum absolute atomic E-state index is 0.147. The van der Waals surface area contributed by atoms with Gasteiger partial charge in [-0.15, -0.1) is 0 Å². The molecular weight excluding hydrogens is 486 g/mol. The van der Waals surface area contributed by atoms with Crippen LogP contribution < -0.4 is 10.6 Å². The molecule has 4 aliphatic heterocycles. The molecule has 2 N–H and O–H groups in total. The zero-order valence-electron chi connectivity index (χ0n) is 21.7. The summed E-state index contributed by atoms with van der Waals surface area (Å²) >= 11 is 0. The third kappa shape index (κ3) is 4.18. The fraction of sp³-hybridized carbons (Fsp3) is 0.556. The largest absolute Gasteiger partial charge is 0.348 e. The Morgan fingerprint density at radius 3 is 2.74 bits per heavy atom. The average Bonchev–Trinajstić information content (AvgIpc) is 3.55. The van der Waals surface area contributed by atoms with Gasteiger partial charge in [0.1, 0.15) is 24.6 Å². The Morgan fingerprint density at radius 2 is 1.95 bits per heavy atom. The van der Waals surface area contributed by atoms with E-state index in [0.29, 0.717) is 28.0 Å². The normalized spacial score (nSPS) is 29.8. The number of fused-ring (bicyclic) bond motifs is 2. The lowest BCUT2D eigenvalue weighted by molar-refractivity contribution is -0.198. The molecule has 7 rings (SSSR count). The molecule has 1 amide bonds. The van der Waals surface area contributed by atoms with Crippen LogP contribution in [0.4, 0.5) is 5.82 Å². The number of aromatic nitrogens is 4. The zero-order chi connectivity index (χ0) is 25.9. The second kappa shape index (κ2) is 9.06. The predicted octanol–water partition coefficient (Wildman–Crippen LogP) is 2.18. The van der Waals surface area contributed by atoms with Crippen LogP contribution in [0, 0.1) is 5.41 Å². The molecule has 4 fully saturated rings. The van der Waals surface area contributed by atoms with Crippen molar-refractivity contribution in [2.24, 2.45) is 5.41 Å². The number of amides is 1. The lowest BCUT2D eigenvalue weighted by Gasteiger charge is -2.49. The molecule has 2 aromatic heterocycles. The minimum Gasteiger partial charge on any atom is -0.348 e. The Balaban J connectivity index is 1.15. The van der Waals surface area contributed by atoms with E-state index < -0.39 is 12.0 Å². The highest BCUT2D eigenvalue weighted by Crippen LogP contribution is 2.44. The van der Waals surface area contributed by atoms with Gasteiger partial charge in [-0.2, -0.15) is 0 Å². The number of benzene rings is 1. The molecule has 0 aliphatic carbocycles. The van der Waals surface area contributed by atoms with Crippen LogP contribution >= 0.6 is 0 Å². The second-order valence-corrected chi connectivity index (χ2v) is 11.4. The number of hydrogen-bond acceptors (Lipinski definition) is 9. The lowest BCUT2D eigenvalue weighted by Crippen LogP contribution is -2.61. The van der Waals surface area contributed by atoms with Gasteiger partial charge in [0.05, 0.1) is 6.33 Å². The van der Waals surface area contributed by atoms with Crippen molar-refractivity contribution in [1.82, 2.24) is 29.7 Å². The lowest BCUT2D eigenvalue weighted by atomic mass is 9.75. The summed E-state index contributed by atoms with van der Waals surface area (Å²) in [5.41, 5.74) is 2.01. The quantitative estimate of drug-likeness (QED) is 0.523. The second-order valence-electron chi connectivity index (χ2n) is 11.4. The number of hydrogen-bond donors (Lipinski definition) is 2. The van der Waals surface area contributed by atoms with Gasteiger partial charge in [0.25, 0.3) is 5.91 Å². The Bertz CT molecular complexity index is 1340. The highest BCUT2D eigenvalue weighted by atomic mass is 16.8. The fourth-order valence-corrected chi connectivity index (χ4v) is 6.42. The summed E-state index contributed by atoms with van der Waals surface area (Å²) in [6.07, 6.45) is 4.48. The van der Waals surface area contributed by atoms with Crippen LogP contribution in [0.1, 0.15) is 43.3 Å². The highest BCUT2D eigenvalue weighted by Gasteiger charge is 2.56. The summed E-state index contributed by atoms with van der Waals surface area (Å²) in [5.74, 6) is -0.616. The Labute approximate surface area is 220 Å². The van der Waals surface area contributed by atoms with E-state index in [1.807, 2.05) is 36.6 Å². The molecule has 4 atom stereocenters. The smallest absolute Gasteiger partial charge is 0.256 e. The third-order valence-electron chi connectivity index (χ3n) is 8.20. The van der Waals surface area contributed by atoms with Gasteiger partial charge in [0.2, 0.25) is 0 Å². The zero-order valence-corrected chi connectivity index (χ0v) is 21.7. The van der Waals surface area contributed by atoms with E-state index in [2.05, 4.69) is 30.5 Å². The highest BCUT2D eigenvalue weighted by molar-refractivity contribution is 6.06. The number of carbonyl (C=O) groups excluding carboxylic acids is 1. The van der Waals surface area contributed by atoms with Crippen LogP contribution in [0.25, 0.3) is 11.2 Å². The van der Waals surface area contributed by atoms with Crippen molar-refractivity contribution >= 4 is 22.9 Å². The Hall–Kier alpha value is -2.96. The Kier molecular flexibility index (Phi) is 5.75. The third-order valence-corrected chi connectivity index (χ3v) is 8.20. The SMILES string of the molecule is CC1(C)O[C@@H]2[C@H](O1)[C@@H](CN1CCCC3(CNC3)C1)O[C@H]2n1cnc2c(NC(=O)c3ccccc3)ncnc21. The number of nitrogens with zero attached hydrogens (tertiary/aromatic N) is 5. The van der Waals surface area contributed by atoms with Crippen molar-refractivity contribution in [2.45, 2.75) is 57.0 Å². The van der Waals surface area contributed by atoms with Crippen LogP contribution in [0.5, 0.6) is 0 Å². The number of ether oxygens (including phenoxy) is 3. The van der Waals surface area contributed by atoms with E-state index in [-0.39, 0.29) is 24.2 Å². The predicted molar refractivity (Wildman–Crippen MR) is 138 cm³/mol. The van der Waals surface area contributed by atoms with Gasteiger partial charge in [-0.25, -0.2) is 15.0 Å². The van der Waals surface area contributed by atoms with Crippen molar-refractivity contribution in [1.29, 1.82) is 0 Å². The number of likely N-dealkylation sites (tertiary alicyclic amines) is 1. The van der Waals surface area contributed by atoms with Crippen molar-refractivity contribution in [3.05, 3.63) is 48.5 Å². The van der Waals surface area contributed by atoms with E-state index in [0.717, 1.165) is 32.7 Å². The molecule has 4 aliphatic rings. The number of nitrogens with one attached hydrogen (secondary N) is 2. The first kappa shape index (κ1) is 24.1. The maximum Gasteiger partial charge on any atom is 0.256 e. The summed E-state index contributed by atoms with van der Waals surface area (Å²) in [5, 5.41) is 6.32. The number of anilines is 1. The molecule has 0 saturated carbocycles. The molecular formula is C27H33N7O4. The minimum atomic E-state index is -0.711. The van der Waals surface area contributed by atoms with Gasteiger partial charge in [0.15, 0.2) is 29.0 Å². The molecule has 11 nitrogen and oxygen atoms in total. The van der Waals surface area contributed by atoms with Gasteiger partial charge in [-0.3, -0.25) is 9.36 Å². The molecule has 3 aromatic rings. The van der Waals surface area contributed by atoms with E-state index in [1.165, 1.54) is 19.2 Å². The van der Waals surface area contributed by atoms with Gasteiger partial charge >= 0.3 is 0 Å². The molecule has 11 heteroatoms. The van der Waals surface area contributed by atoms with Crippen LogP contribution in [-0.2, 0) is 14.2 Å². The Morgan fingerprint density at radius 1 is 1.13 bits per heavy atom. The van der Waals surface area contributed by atoms with Crippen molar-refractivity contribution < 1.29 is 19.0 Å². The molecule has 0 bridgehead atoms. The van der Waals surface area contributed by atoms with Crippen molar-refractivity contribution in [2.75, 3.05) is 38.0 Å². The maximum atomic E-state index is 12.8. The number of rotatable bonds is 5. The van der Waals surface area contributed by atoms with Crippen molar-refractivity contribution in [3.63, 3.8) is 0 Å². The molecule has 0 radical (unpaired) electrons. The standard InChI is InChI=1S/C27H33N7O4/c1-26(2)37-20-18(11-33-10-6-9-27(14-33)12-28-13-27)36-25(21(20)38-26)34-16-31-19-22(29-15-30-23(19)34)32-24(35)17-7-4-3-5-8-17/h3-5,7-8,15-16,18,20-21,25,28H,6,9-14H2,1-2H3,(H,29,30,32,35)/t18-,20-,21-,25-/m1/s1. The number of piperidine rings is 1. The monoisotopic (exact) mass is 519 g/mol. The molecule has 0 unspecified atom stereocenters. The molecule has 1 spiro atoms. The topological polar surface area (TPSA) is 116 Å². The summed E-state index contributed by atoms with van der Waals surface area (Å²) in [6.45, 7) is 9.03. The van der Waals surface area contributed by atoms with E-state index in [4.69, 9.17) is 14.2 Å². The molecule has 200 valence electrons. The maximum absolute atomic E-state index is 12.8. The van der Waals surface area contributed by atoms with Gasteiger partial charge in [-0.05, 0) is 45.4 Å². The summed E-state index contributed by atoms with van der Waals surface area (Å²) in [7, 11) is 0. The first-order chi connectivity index (χ1) is 18.4. The van der Waals surface area contributed by atoms with E-state index in [1.54, 1.807) is 18.5 Å². The van der Waals surface area contributed by atoms with Gasteiger partial charge in [0, 0.05) is 37.2 Å². The average molecular weight is 520 g/mol. The molecule has 6 heterocycles. The van der Waals surface area contributed by atoms with Gasteiger partial charge in [-0.1, -0.05) is 18.2 Å². The van der Waals surface area contributed by atoms with Crippen LogP contribution in [-0.4, -0.2) is 87.1 Å².